The number of nitrogens with zero attached hydrogens (tertiary/aromatic N) is 1. The van der Waals surface area contributed by atoms with Gasteiger partial charge in [-0.1, -0.05) is 6.07 Å². The van der Waals surface area contributed by atoms with Gasteiger partial charge in [0.05, 0.1) is 10.6 Å². The minimum absolute atomic E-state index is 0.314. The summed E-state index contributed by atoms with van der Waals surface area (Å²) in [6.45, 7) is 0.927. The van der Waals surface area contributed by atoms with Crippen molar-refractivity contribution in [3.63, 3.8) is 0 Å². The van der Waals surface area contributed by atoms with Crippen molar-refractivity contribution in [1.82, 2.24) is 5.32 Å². The number of alkyl halides is 1. The summed E-state index contributed by atoms with van der Waals surface area (Å²) in [5.41, 5.74) is 10.1. The van der Waals surface area contributed by atoms with Gasteiger partial charge in [-0.25, -0.2) is 9.38 Å². The molecule has 1 aromatic heterocycles. The monoisotopic (exact) mass is 332 g/mol. The highest BCUT2D eigenvalue weighted by Crippen LogP contribution is 2.32. The first kappa shape index (κ1) is 16.0. The second kappa shape index (κ2) is 7.10. The van der Waals surface area contributed by atoms with Crippen molar-refractivity contribution in [3.8, 4) is 0 Å². The molecule has 0 spiro atoms. The Labute approximate surface area is 139 Å². The van der Waals surface area contributed by atoms with Crippen molar-refractivity contribution < 1.29 is 4.39 Å². The third-order valence-electron chi connectivity index (χ3n) is 3.95. The summed E-state index contributed by atoms with van der Waals surface area (Å²) in [6.07, 6.45) is 1.30. The molecule has 2 heterocycles. The minimum Gasteiger partial charge on any atom is -0.385 e. The van der Waals surface area contributed by atoms with Crippen LogP contribution in [0.5, 0.6) is 0 Å². The molecule has 1 aromatic carbocycles. The van der Waals surface area contributed by atoms with Crippen LogP contribution >= 0.6 is 11.3 Å². The number of hydrogen-bond acceptors (Lipinski definition) is 4. The molecule has 23 heavy (non-hydrogen) atoms. The Morgan fingerprint density at radius 3 is 3.13 bits per heavy atom. The van der Waals surface area contributed by atoms with Crippen LogP contribution in [0.2, 0.25) is 0 Å². The van der Waals surface area contributed by atoms with Crippen molar-refractivity contribution in [3.05, 3.63) is 45.6 Å². The summed E-state index contributed by atoms with van der Waals surface area (Å²) >= 11 is 1.56. The first-order valence-electron chi connectivity index (χ1n) is 7.76. The predicted octanol–water partition coefficient (Wildman–Crippen LogP) is 3.20. The van der Waals surface area contributed by atoms with Crippen LogP contribution in [-0.2, 0) is 12.8 Å². The van der Waals surface area contributed by atoms with Gasteiger partial charge in [-0.3, -0.25) is 5.32 Å². The lowest BCUT2D eigenvalue weighted by Crippen LogP contribution is -2.23. The van der Waals surface area contributed by atoms with E-state index < -0.39 is 6.30 Å². The molecule has 0 saturated heterocycles. The molecule has 2 aromatic rings. The summed E-state index contributed by atoms with van der Waals surface area (Å²) in [5, 5.41) is 8.02. The fourth-order valence-corrected chi connectivity index (χ4v) is 3.43. The molecule has 0 aliphatic carbocycles. The van der Waals surface area contributed by atoms with E-state index in [2.05, 4.69) is 21.7 Å². The summed E-state index contributed by atoms with van der Waals surface area (Å²) < 4.78 is 13.8. The highest BCUT2D eigenvalue weighted by molar-refractivity contribution is 7.12. The molecule has 4 nitrogen and oxygen atoms in total. The number of benzene rings is 1. The second-order valence-corrected chi connectivity index (χ2v) is 6.55. The number of hydrogen-bond donors (Lipinski definition) is 3. The van der Waals surface area contributed by atoms with Gasteiger partial charge in [0.15, 0.2) is 6.30 Å². The number of aryl methyl sites for hydroxylation is 1. The Morgan fingerprint density at radius 1 is 1.52 bits per heavy atom. The summed E-state index contributed by atoms with van der Waals surface area (Å²) in [6, 6.07) is 7.88. The molecule has 1 aliphatic heterocycles. The number of rotatable bonds is 5. The van der Waals surface area contributed by atoms with Crippen molar-refractivity contribution >= 4 is 28.5 Å². The van der Waals surface area contributed by atoms with Crippen LogP contribution in [0.3, 0.4) is 0 Å². The number of amidine groups is 1. The Bertz CT molecular complexity index is 697. The molecule has 122 valence electrons. The topological polar surface area (TPSA) is 62.4 Å². The molecule has 0 saturated carbocycles. The molecule has 0 fully saturated rings. The maximum absolute atomic E-state index is 13.8. The molecular weight excluding hydrogens is 311 g/mol. The Hall–Kier alpha value is -1.92. The lowest BCUT2D eigenvalue weighted by atomic mass is 9.96. The zero-order chi connectivity index (χ0) is 16.2. The standard InChI is InChI=1S/C17H21FN4S/c1-20-15(18)10-12-9-13(8-11-4-2-6-21-16(11)12)22-17(19)14-5-3-7-23-14/h3,5,7-9,15,20-21H,2,4,6,10H2,1H3,(H2,19,22). The number of likely N-dealkylation sites (N-methyl/N-ethyl adjacent to an activating group) is 1. The first-order valence-corrected chi connectivity index (χ1v) is 8.64. The van der Waals surface area contributed by atoms with E-state index in [1.165, 1.54) is 5.56 Å². The molecule has 0 amide bonds. The fraction of sp³-hybridized carbons (Fsp3) is 0.353. The van der Waals surface area contributed by atoms with Crippen LogP contribution in [0.1, 0.15) is 22.4 Å². The highest BCUT2D eigenvalue weighted by atomic mass is 32.1. The largest absolute Gasteiger partial charge is 0.385 e. The van der Waals surface area contributed by atoms with E-state index in [1.54, 1.807) is 18.4 Å². The van der Waals surface area contributed by atoms with Gasteiger partial charge < -0.3 is 11.1 Å². The summed E-state index contributed by atoms with van der Waals surface area (Å²) in [5.74, 6) is 0.500. The molecule has 1 unspecified atom stereocenters. The normalized spacial score (nSPS) is 15.8. The Kier molecular flexibility index (Phi) is 4.93. The molecular formula is C17H21FN4S. The predicted molar refractivity (Wildman–Crippen MR) is 95.6 cm³/mol. The van der Waals surface area contributed by atoms with E-state index in [1.807, 2.05) is 23.6 Å². The molecule has 0 radical (unpaired) electrons. The lowest BCUT2D eigenvalue weighted by Gasteiger charge is -2.23. The lowest BCUT2D eigenvalue weighted by molar-refractivity contribution is 0.290. The van der Waals surface area contributed by atoms with Gasteiger partial charge in [0, 0.05) is 18.7 Å². The number of fused-ring (bicyclic) bond motifs is 1. The maximum Gasteiger partial charge on any atom is 0.155 e. The molecule has 1 atom stereocenters. The highest BCUT2D eigenvalue weighted by Gasteiger charge is 2.17. The van der Waals surface area contributed by atoms with Gasteiger partial charge in [-0.2, -0.15) is 0 Å². The minimum atomic E-state index is -1.07. The van der Waals surface area contributed by atoms with Crippen LogP contribution in [0.15, 0.2) is 34.6 Å². The molecule has 1 aliphatic rings. The van der Waals surface area contributed by atoms with Crippen molar-refractivity contribution in [1.29, 1.82) is 0 Å². The summed E-state index contributed by atoms with van der Waals surface area (Å²) in [7, 11) is 1.63. The second-order valence-electron chi connectivity index (χ2n) is 5.60. The molecule has 6 heteroatoms. The maximum atomic E-state index is 13.8. The van der Waals surface area contributed by atoms with Crippen molar-refractivity contribution in [2.75, 3.05) is 18.9 Å². The van der Waals surface area contributed by atoms with Crippen LogP contribution in [-0.4, -0.2) is 25.7 Å². The van der Waals surface area contributed by atoms with E-state index in [0.717, 1.165) is 41.2 Å². The van der Waals surface area contributed by atoms with E-state index in [9.17, 15) is 4.39 Å². The van der Waals surface area contributed by atoms with E-state index in [4.69, 9.17) is 5.73 Å². The fourth-order valence-electron chi connectivity index (χ4n) is 2.80. The Balaban J connectivity index is 1.97. The van der Waals surface area contributed by atoms with Gasteiger partial charge in [0.2, 0.25) is 0 Å². The third kappa shape index (κ3) is 3.71. The average Bonchev–Trinajstić information content (AvgIpc) is 3.09. The number of nitrogens with two attached hydrogens (primary N) is 1. The molecule has 0 bridgehead atoms. The van der Waals surface area contributed by atoms with Crippen LogP contribution in [0, 0.1) is 0 Å². The molecule has 3 rings (SSSR count). The third-order valence-corrected chi connectivity index (χ3v) is 4.84. The first-order chi connectivity index (χ1) is 11.2. The van der Waals surface area contributed by atoms with Gasteiger partial charge >= 0.3 is 0 Å². The number of halogens is 1. The van der Waals surface area contributed by atoms with Crippen LogP contribution in [0.4, 0.5) is 15.8 Å². The SMILES string of the molecule is CNC(F)Cc1cc(N=C(N)c2cccs2)cc2c1NCCC2. The van der Waals surface area contributed by atoms with Gasteiger partial charge in [0.1, 0.15) is 5.84 Å². The zero-order valence-corrected chi connectivity index (χ0v) is 13.9. The molecule has 4 N–H and O–H groups in total. The van der Waals surface area contributed by atoms with Crippen LogP contribution in [0.25, 0.3) is 0 Å². The number of aliphatic imine (C=N–C) groups is 1. The van der Waals surface area contributed by atoms with E-state index in [0.29, 0.717) is 12.3 Å². The van der Waals surface area contributed by atoms with E-state index >= 15 is 0 Å². The quantitative estimate of drug-likeness (QED) is 0.448. The number of anilines is 1. The van der Waals surface area contributed by atoms with Gasteiger partial charge in [0.25, 0.3) is 0 Å². The Morgan fingerprint density at radius 2 is 2.39 bits per heavy atom. The number of thiophene rings is 1. The number of nitrogens with one attached hydrogen (secondary N) is 2. The van der Waals surface area contributed by atoms with Gasteiger partial charge in [-0.15, -0.1) is 11.3 Å². The zero-order valence-electron chi connectivity index (χ0n) is 13.1. The summed E-state index contributed by atoms with van der Waals surface area (Å²) in [4.78, 5) is 5.48. The van der Waals surface area contributed by atoms with Crippen molar-refractivity contribution in [2.45, 2.75) is 25.6 Å². The van der Waals surface area contributed by atoms with Crippen molar-refractivity contribution in [2.24, 2.45) is 10.7 Å². The average molecular weight is 332 g/mol. The van der Waals surface area contributed by atoms with Crippen LogP contribution < -0.4 is 16.4 Å². The van der Waals surface area contributed by atoms with Gasteiger partial charge in [-0.05, 0) is 54.6 Å². The smallest absolute Gasteiger partial charge is 0.155 e. The van der Waals surface area contributed by atoms with E-state index in [-0.39, 0.29) is 0 Å².